The van der Waals surface area contributed by atoms with Gasteiger partial charge in [0.2, 0.25) is 0 Å². The Morgan fingerprint density at radius 2 is 1.76 bits per heavy atom. The van der Waals surface area contributed by atoms with Gasteiger partial charge in [-0.2, -0.15) is 21.6 Å². The molecule has 12 heteroatoms. The lowest BCUT2D eigenvalue weighted by molar-refractivity contribution is -0.137. The van der Waals surface area contributed by atoms with Gasteiger partial charge in [0.05, 0.1) is 29.0 Å². The van der Waals surface area contributed by atoms with E-state index in [0.717, 1.165) is 12.1 Å². The number of halogens is 3. The average Bonchev–Trinajstić information content (AvgIpc) is 3.05. The van der Waals surface area contributed by atoms with Gasteiger partial charge in [-0.3, -0.25) is 4.55 Å². The van der Waals surface area contributed by atoms with E-state index in [2.05, 4.69) is 9.98 Å². The molecule has 0 spiro atoms. The van der Waals surface area contributed by atoms with Gasteiger partial charge in [0.25, 0.3) is 0 Å². The molecule has 156 valence electrons. The lowest BCUT2D eigenvalue weighted by atomic mass is 10.1. The quantitative estimate of drug-likeness (QED) is 0.550. The Kier molecular flexibility index (Phi) is 5.28. The van der Waals surface area contributed by atoms with Crippen molar-refractivity contribution in [1.29, 1.82) is 0 Å². The van der Waals surface area contributed by atoms with E-state index < -0.39 is 26.9 Å². The number of methoxy groups -OCH3 is 2. The number of ether oxygens (including phenoxy) is 3. The molecule has 1 N–H and O–H groups in total. The first-order valence-corrected chi connectivity index (χ1v) is 9.40. The summed E-state index contributed by atoms with van der Waals surface area (Å²) in [6.07, 6.45) is -4.66. The van der Waals surface area contributed by atoms with Crippen molar-refractivity contribution in [2.45, 2.75) is 11.2 Å². The van der Waals surface area contributed by atoms with Crippen molar-refractivity contribution in [2.75, 3.05) is 21.0 Å². The van der Waals surface area contributed by atoms with Crippen LogP contribution in [0.15, 0.2) is 46.4 Å². The first-order valence-electron chi connectivity index (χ1n) is 7.96. The zero-order valence-electron chi connectivity index (χ0n) is 15.1. The Balaban J connectivity index is 2.24. The summed E-state index contributed by atoms with van der Waals surface area (Å²) < 4.78 is 88.6. The third-order valence-corrected chi connectivity index (χ3v) is 5.20. The highest BCUT2D eigenvalue weighted by molar-refractivity contribution is 7.86. The van der Waals surface area contributed by atoms with Gasteiger partial charge in [-0.15, -0.1) is 0 Å². The van der Waals surface area contributed by atoms with Crippen molar-refractivity contribution in [3.63, 3.8) is 0 Å². The number of hydrogen-bond acceptors (Lipinski definition) is 7. The van der Waals surface area contributed by atoms with Crippen molar-refractivity contribution in [2.24, 2.45) is 9.98 Å². The van der Waals surface area contributed by atoms with E-state index in [4.69, 9.17) is 14.2 Å². The molecule has 1 unspecified atom stereocenters. The average molecular weight is 432 g/mol. The third-order valence-electron chi connectivity index (χ3n) is 4.07. The van der Waals surface area contributed by atoms with Crippen LogP contribution >= 0.6 is 0 Å². The predicted octanol–water partition coefficient (Wildman–Crippen LogP) is 1.65. The fourth-order valence-corrected chi connectivity index (χ4v) is 3.64. The summed E-state index contributed by atoms with van der Waals surface area (Å²) in [6.45, 7) is -0.0909. The number of rotatable bonds is 6. The van der Waals surface area contributed by atoms with E-state index in [-0.39, 0.29) is 34.6 Å². The van der Waals surface area contributed by atoms with E-state index in [0.29, 0.717) is 6.07 Å². The second-order valence-corrected chi connectivity index (χ2v) is 7.44. The molecule has 0 bridgehead atoms. The highest BCUT2D eigenvalue weighted by Gasteiger charge is 2.49. The van der Waals surface area contributed by atoms with Crippen LogP contribution in [0.25, 0.3) is 0 Å². The minimum absolute atomic E-state index is 0.0624. The minimum Gasteiger partial charge on any atom is -0.496 e. The van der Waals surface area contributed by atoms with Crippen molar-refractivity contribution in [3.05, 3.63) is 58.2 Å². The monoisotopic (exact) mass is 432 g/mol. The van der Waals surface area contributed by atoms with E-state index in [1.165, 1.54) is 32.4 Å². The maximum atomic E-state index is 13.0. The lowest BCUT2D eigenvalue weighted by Gasteiger charge is -2.22. The highest BCUT2D eigenvalue weighted by atomic mass is 32.2. The summed E-state index contributed by atoms with van der Waals surface area (Å²) in [5, 5.41) is -0.461. The van der Waals surface area contributed by atoms with Crippen molar-refractivity contribution in [1.82, 2.24) is 0 Å². The molecule has 29 heavy (non-hydrogen) atoms. The number of alkyl halides is 3. The van der Waals surface area contributed by atoms with Crippen LogP contribution < -0.4 is 20.2 Å². The maximum Gasteiger partial charge on any atom is 0.416 e. The molecule has 1 heterocycles. The molecule has 8 nitrogen and oxygen atoms in total. The molecule has 1 atom stereocenters. The van der Waals surface area contributed by atoms with Gasteiger partial charge in [0, 0.05) is 13.2 Å². The van der Waals surface area contributed by atoms with Gasteiger partial charge in [-0.05, 0) is 30.3 Å². The molecule has 0 radical (unpaired) electrons. The van der Waals surface area contributed by atoms with Crippen LogP contribution in [0.3, 0.4) is 0 Å². The summed E-state index contributed by atoms with van der Waals surface area (Å²) >= 11 is 0. The van der Waals surface area contributed by atoms with E-state index >= 15 is 0 Å². The molecule has 0 saturated carbocycles. The molecule has 1 aliphatic rings. The van der Waals surface area contributed by atoms with E-state index in [9.17, 15) is 26.1 Å². The number of benzene rings is 2. The molecule has 1 aliphatic heterocycles. The van der Waals surface area contributed by atoms with E-state index in [1.807, 2.05) is 0 Å². The summed E-state index contributed by atoms with van der Waals surface area (Å²) in [5.74, 6) is 0.195. The zero-order chi connectivity index (χ0) is 21.4. The Morgan fingerprint density at radius 3 is 2.34 bits per heavy atom. The van der Waals surface area contributed by atoms with Crippen molar-refractivity contribution in [3.8, 4) is 11.5 Å². The molecule has 2 aromatic rings. The van der Waals surface area contributed by atoms with Crippen LogP contribution in [0, 0.1) is 0 Å². The number of nitrogens with zero attached hydrogens (tertiary/aromatic N) is 2. The van der Waals surface area contributed by atoms with E-state index in [1.54, 1.807) is 0 Å². The van der Waals surface area contributed by atoms with Gasteiger partial charge in [0.15, 0.2) is 6.79 Å². The first-order chi connectivity index (χ1) is 13.5. The SMILES string of the molecule is COCOc1ccc(C2(S(=O)(=O)O)N=c3ccc(C(F)(F)F)cc3=N2)c(OC)c1. The second-order valence-electron chi connectivity index (χ2n) is 5.92. The molecule has 0 aliphatic carbocycles. The van der Waals surface area contributed by atoms with Gasteiger partial charge < -0.3 is 14.2 Å². The first kappa shape index (κ1) is 21.0. The second kappa shape index (κ2) is 7.28. The van der Waals surface area contributed by atoms with Crippen LogP contribution in [0.1, 0.15) is 11.1 Å². The molecular weight excluding hydrogens is 417 g/mol. The summed E-state index contributed by atoms with van der Waals surface area (Å²) in [7, 11) is -2.41. The van der Waals surface area contributed by atoms with Crippen LogP contribution in [-0.4, -0.2) is 34.0 Å². The summed E-state index contributed by atoms with van der Waals surface area (Å²) in [6, 6.07) is 6.30. The molecule has 3 rings (SSSR count). The zero-order valence-corrected chi connectivity index (χ0v) is 15.9. The van der Waals surface area contributed by atoms with Gasteiger partial charge in [-0.25, -0.2) is 9.98 Å². The molecular formula is C17H15F3N2O6S. The smallest absolute Gasteiger partial charge is 0.416 e. The van der Waals surface area contributed by atoms with Crippen LogP contribution in [-0.2, 0) is 26.0 Å². The molecule has 0 saturated heterocycles. The molecule has 2 aromatic carbocycles. The number of fused-ring (bicyclic) bond motifs is 1. The minimum atomic E-state index is -5.06. The van der Waals surface area contributed by atoms with Crippen LogP contribution in [0.2, 0.25) is 0 Å². The highest BCUT2D eigenvalue weighted by Crippen LogP contribution is 2.41. The molecule has 0 fully saturated rings. The Morgan fingerprint density at radius 1 is 1.07 bits per heavy atom. The lowest BCUT2D eigenvalue weighted by Crippen LogP contribution is -2.31. The number of hydrogen-bond donors (Lipinski definition) is 1. The maximum absolute atomic E-state index is 13.0. The topological polar surface area (TPSA) is 107 Å². The van der Waals surface area contributed by atoms with Crippen LogP contribution in [0.5, 0.6) is 11.5 Å². The molecule has 0 aromatic heterocycles. The normalized spacial score (nSPS) is 18.6. The summed E-state index contributed by atoms with van der Waals surface area (Å²) in [4.78, 5) is 5.16. The largest absolute Gasteiger partial charge is 0.496 e. The standard InChI is InChI=1S/C17H15F3N2O6S/c1-26-9-28-11-4-5-12(15(8-11)27-2)17(29(23,24)25)21-13-6-3-10(16(18,19)20)7-14(13)22-17/h3-8H,9H2,1-2H3,(H,23,24,25). The Bertz CT molecular complexity index is 1170. The van der Waals surface area contributed by atoms with Crippen molar-refractivity contribution >= 4 is 10.1 Å². The Hall–Kier alpha value is -2.70. The van der Waals surface area contributed by atoms with Gasteiger partial charge >= 0.3 is 21.3 Å². The summed E-state index contributed by atoms with van der Waals surface area (Å²) in [5.41, 5.74) is -1.23. The Labute approximate surface area is 163 Å². The van der Waals surface area contributed by atoms with Gasteiger partial charge in [0.1, 0.15) is 11.5 Å². The predicted molar refractivity (Wildman–Crippen MR) is 92.5 cm³/mol. The fraction of sp³-hybridized carbons (Fsp3) is 0.294. The van der Waals surface area contributed by atoms with Gasteiger partial charge in [-0.1, -0.05) is 0 Å². The van der Waals surface area contributed by atoms with Crippen LogP contribution in [0.4, 0.5) is 13.2 Å². The van der Waals surface area contributed by atoms with Crippen molar-refractivity contribution < 1.29 is 40.4 Å². The third kappa shape index (κ3) is 3.78. The fourth-order valence-electron chi connectivity index (χ4n) is 2.77. The molecule has 0 amide bonds.